The van der Waals surface area contributed by atoms with Gasteiger partial charge in [0.25, 0.3) is 0 Å². The van der Waals surface area contributed by atoms with E-state index in [2.05, 4.69) is 21.9 Å². The number of aromatic hydroxyl groups is 1. The maximum atomic E-state index is 9.27. The second kappa shape index (κ2) is 8.93. The Morgan fingerprint density at radius 2 is 2.09 bits per heavy atom. The van der Waals surface area contributed by atoms with Crippen molar-refractivity contribution >= 4 is 17.7 Å². The van der Waals surface area contributed by atoms with E-state index < -0.39 is 0 Å². The highest BCUT2D eigenvalue weighted by Gasteiger charge is 2.24. The highest BCUT2D eigenvalue weighted by Crippen LogP contribution is 2.27. The first-order chi connectivity index (χ1) is 10.7. The van der Waals surface area contributed by atoms with Gasteiger partial charge in [-0.1, -0.05) is 12.1 Å². The number of aryl methyl sites for hydroxylation is 1. The van der Waals surface area contributed by atoms with Gasteiger partial charge < -0.3 is 15.7 Å². The third kappa shape index (κ3) is 5.44. The zero-order valence-corrected chi connectivity index (χ0v) is 14.3. The Kier molecular flexibility index (Phi) is 6.90. The molecule has 22 heavy (non-hydrogen) atoms. The summed E-state index contributed by atoms with van der Waals surface area (Å²) in [5, 5.41) is 17.0. The van der Waals surface area contributed by atoms with Gasteiger partial charge in [-0.15, -0.1) is 0 Å². The molecule has 1 fully saturated rings. The van der Waals surface area contributed by atoms with Crippen LogP contribution in [-0.2, 0) is 6.42 Å². The molecule has 2 unspecified atom stereocenters. The predicted molar refractivity (Wildman–Crippen MR) is 95.9 cm³/mol. The van der Waals surface area contributed by atoms with Crippen LogP contribution in [0.3, 0.4) is 0 Å². The van der Waals surface area contributed by atoms with E-state index in [9.17, 15) is 5.11 Å². The van der Waals surface area contributed by atoms with Crippen LogP contribution in [0.4, 0.5) is 0 Å². The predicted octanol–water partition coefficient (Wildman–Crippen LogP) is 2.77. The van der Waals surface area contributed by atoms with Crippen molar-refractivity contribution in [2.75, 3.05) is 19.8 Å². The molecule has 0 saturated heterocycles. The molecule has 5 heteroatoms. The fourth-order valence-electron chi connectivity index (χ4n) is 2.84. The van der Waals surface area contributed by atoms with E-state index in [0.717, 1.165) is 30.6 Å². The summed E-state index contributed by atoms with van der Waals surface area (Å²) in [5.74, 6) is 1.24. The first-order valence-electron chi connectivity index (χ1n) is 7.99. The van der Waals surface area contributed by atoms with Gasteiger partial charge in [0.2, 0.25) is 0 Å². The molecule has 0 amide bonds. The van der Waals surface area contributed by atoms with Crippen molar-refractivity contribution in [2.24, 2.45) is 4.99 Å². The molecule has 1 aliphatic rings. The number of hydrogen-bond donors (Lipinski definition) is 3. The van der Waals surface area contributed by atoms with Crippen molar-refractivity contribution in [1.82, 2.24) is 10.6 Å². The lowest BCUT2D eigenvalue weighted by molar-refractivity contribution is 0.475. The summed E-state index contributed by atoms with van der Waals surface area (Å²) < 4.78 is 0. The molecule has 0 aliphatic heterocycles. The van der Waals surface area contributed by atoms with Gasteiger partial charge in [0.05, 0.1) is 0 Å². The van der Waals surface area contributed by atoms with Gasteiger partial charge in [0, 0.05) is 24.9 Å². The Hall–Kier alpha value is -1.36. The Morgan fingerprint density at radius 3 is 2.73 bits per heavy atom. The highest BCUT2D eigenvalue weighted by molar-refractivity contribution is 7.99. The van der Waals surface area contributed by atoms with Crippen LogP contribution in [0.25, 0.3) is 0 Å². The lowest BCUT2D eigenvalue weighted by atomic mass is 10.1. The standard InChI is InChI=1S/C17H27N3OS/c1-18-17(20-14-7-10-16(12-14)22-2)19-11-3-4-13-5-8-15(21)9-6-13/h5-6,8-9,14,16,21H,3-4,7,10-12H2,1-2H3,(H2,18,19,20). The molecule has 3 N–H and O–H groups in total. The molecule has 0 spiro atoms. The third-order valence-electron chi connectivity index (χ3n) is 4.15. The second-order valence-corrected chi connectivity index (χ2v) is 6.92. The largest absolute Gasteiger partial charge is 0.508 e. The topological polar surface area (TPSA) is 56.7 Å². The summed E-state index contributed by atoms with van der Waals surface area (Å²) in [6.07, 6.45) is 8.01. The fourth-order valence-corrected chi connectivity index (χ4v) is 3.63. The number of hydrogen-bond acceptors (Lipinski definition) is 3. The molecule has 0 aromatic heterocycles. The van der Waals surface area contributed by atoms with Crippen LogP contribution in [0, 0.1) is 0 Å². The number of phenols is 1. The van der Waals surface area contributed by atoms with Gasteiger partial charge in [0.1, 0.15) is 5.75 Å². The van der Waals surface area contributed by atoms with E-state index >= 15 is 0 Å². The van der Waals surface area contributed by atoms with Gasteiger partial charge in [0.15, 0.2) is 5.96 Å². The van der Waals surface area contributed by atoms with Gasteiger partial charge in [-0.3, -0.25) is 4.99 Å². The zero-order chi connectivity index (χ0) is 15.8. The molecular formula is C17H27N3OS. The van der Waals surface area contributed by atoms with Crippen molar-refractivity contribution in [3.63, 3.8) is 0 Å². The summed E-state index contributed by atoms with van der Waals surface area (Å²) in [4.78, 5) is 4.31. The minimum Gasteiger partial charge on any atom is -0.508 e. The van der Waals surface area contributed by atoms with Crippen molar-refractivity contribution in [3.05, 3.63) is 29.8 Å². The lowest BCUT2D eigenvalue weighted by Crippen LogP contribution is -2.42. The van der Waals surface area contributed by atoms with E-state index in [0.29, 0.717) is 11.8 Å². The second-order valence-electron chi connectivity index (χ2n) is 5.78. The van der Waals surface area contributed by atoms with Crippen LogP contribution in [0.2, 0.25) is 0 Å². The average Bonchev–Trinajstić information content (AvgIpc) is 2.99. The normalized spacial score (nSPS) is 21.8. The quantitative estimate of drug-likeness (QED) is 0.428. The maximum absolute atomic E-state index is 9.27. The van der Waals surface area contributed by atoms with Crippen molar-refractivity contribution in [3.8, 4) is 5.75 Å². The van der Waals surface area contributed by atoms with E-state index in [1.807, 2.05) is 30.9 Å². The van der Waals surface area contributed by atoms with E-state index in [-0.39, 0.29) is 0 Å². The van der Waals surface area contributed by atoms with Gasteiger partial charge in [-0.2, -0.15) is 11.8 Å². The maximum Gasteiger partial charge on any atom is 0.191 e. The number of thioether (sulfide) groups is 1. The monoisotopic (exact) mass is 321 g/mol. The SMILES string of the molecule is CN=C(NCCCc1ccc(O)cc1)NC1CCC(SC)C1. The minimum absolute atomic E-state index is 0.326. The lowest BCUT2D eigenvalue weighted by Gasteiger charge is -2.17. The van der Waals surface area contributed by atoms with Crippen molar-refractivity contribution in [1.29, 1.82) is 0 Å². The average molecular weight is 321 g/mol. The third-order valence-corrected chi connectivity index (χ3v) is 5.25. The first kappa shape index (κ1) is 17.0. The Morgan fingerprint density at radius 1 is 1.32 bits per heavy atom. The molecule has 1 saturated carbocycles. The van der Waals surface area contributed by atoms with E-state index in [4.69, 9.17) is 0 Å². The number of benzene rings is 1. The molecule has 0 radical (unpaired) electrons. The molecule has 1 aromatic carbocycles. The van der Waals surface area contributed by atoms with Gasteiger partial charge in [-0.25, -0.2) is 0 Å². The van der Waals surface area contributed by atoms with Crippen LogP contribution in [0.15, 0.2) is 29.3 Å². The van der Waals surface area contributed by atoms with Crippen LogP contribution < -0.4 is 10.6 Å². The molecule has 2 atom stereocenters. The number of nitrogens with one attached hydrogen (secondary N) is 2. The molecule has 0 heterocycles. The summed E-state index contributed by atoms with van der Waals surface area (Å²) in [6, 6.07) is 7.99. The van der Waals surface area contributed by atoms with Crippen molar-refractivity contribution < 1.29 is 5.11 Å². The van der Waals surface area contributed by atoms with Crippen LogP contribution in [0.1, 0.15) is 31.2 Å². The Balaban J connectivity index is 1.65. The summed E-state index contributed by atoms with van der Waals surface area (Å²) in [7, 11) is 1.83. The van der Waals surface area contributed by atoms with Crippen LogP contribution in [0.5, 0.6) is 5.75 Å². The summed E-state index contributed by atoms with van der Waals surface area (Å²) >= 11 is 1.97. The van der Waals surface area contributed by atoms with E-state index in [1.165, 1.54) is 24.8 Å². The highest BCUT2D eigenvalue weighted by atomic mass is 32.2. The molecule has 0 bridgehead atoms. The first-order valence-corrected chi connectivity index (χ1v) is 9.28. The number of guanidine groups is 1. The minimum atomic E-state index is 0.326. The number of nitrogens with zero attached hydrogens (tertiary/aromatic N) is 1. The van der Waals surface area contributed by atoms with E-state index in [1.54, 1.807) is 12.1 Å². The summed E-state index contributed by atoms with van der Waals surface area (Å²) in [5.41, 5.74) is 1.25. The fraction of sp³-hybridized carbons (Fsp3) is 0.588. The summed E-state index contributed by atoms with van der Waals surface area (Å²) in [6.45, 7) is 0.902. The van der Waals surface area contributed by atoms with Crippen LogP contribution in [-0.4, -0.2) is 42.2 Å². The molecule has 2 rings (SSSR count). The Bertz CT molecular complexity index is 475. The van der Waals surface area contributed by atoms with Crippen LogP contribution >= 0.6 is 11.8 Å². The number of phenolic OH excluding ortho intramolecular Hbond substituents is 1. The molecular weight excluding hydrogens is 294 g/mol. The molecule has 1 aromatic rings. The number of rotatable bonds is 6. The van der Waals surface area contributed by atoms with Gasteiger partial charge in [-0.05, 0) is 56.1 Å². The Labute approximate surface area is 137 Å². The molecule has 4 nitrogen and oxygen atoms in total. The molecule has 122 valence electrons. The van der Waals surface area contributed by atoms with Crippen molar-refractivity contribution in [2.45, 2.75) is 43.4 Å². The molecule has 1 aliphatic carbocycles. The smallest absolute Gasteiger partial charge is 0.191 e. The number of aliphatic imine (C=N–C) groups is 1. The zero-order valence-electron chi connectivity index (χ0n) is 13.5. The van der Waals surface area contributed by atoms with Gasteiger partial charge >= 0.3 is 0 Å².